The van der Waals surface area contributed by atoms with Crippen molar-refractivity contribution in [3.63, 3.8) is 0 Å². The average molecular weight is 507 g/mol. The van der Waals surface area contributed by atoms with Crippen LogP contribution in [-0.4, -0.2) is 49.0 Å². The highest BCUT2D eigenvalue weighted by molar-refractivity contribution is 14.0. The molecule has 0 spiro atoms. The topological polar surface area (TPSA) is 56.9 Å². The standard InChI is InChI=1S/C23H33N5.HI/c1-18(2)21-5-4-6-22(15-21)26-23(24)25-16-19-7-9-20(10-8-19)17-28-13-11-27(3)12-14-28;/h4-10,15,18H,11-14,16-17H2,1-3H3,(H3,24,25,26);1H. The number of rotatable bonds is 6. The molecule has 0 bridgehead atoms. The molecule has 2 aromatic rings. The van der Waals surface area contributed by atoms with Gasteiger partial charge in [0.25, 0.3) is 0 Å². The number of hydrogen-bond acceptors (Lipinski definition) is 3. The minimum Gasteiger partial charge on any atom is -0.370 e. The number of anilines is 1. The number of likely N-dealkylation sites (N-methyl/N-ethyl adjacent to an activating group) is 1. The van der Waals surface area contributed by atoms with Gasteiger partial charge in [-0.1, -0.05) is 50.2 Å². The molecular weight excluding hydrogens is 473 g/mol. The van der Waals surface area contributed by atoms with E-state index in [1.807, 2.05) is 12.1 Å². The first-order valence-corrected chi connectivity index (χ1v) is 10.2. The quantitative estimate of drug-likeness (QED) is 0.351. The fraction of sp³-hybridized carbons (Fsp3) is 0.435. The van der Waals surface area contributed by atoms with Crippen molar-refractivity contribution in [1.29, 1.82) is 0 Å². The third-order valence-electron chi connectivity index (χ3n) is 5.28. The van der Waals surface area contributed by atoms with Crippen molar-refractivity contribution >= 4 is 35.6 Å². The number of benzene rings is 2. The average Bonchev–Trinajstić information content (AvgIpc) is 2.69. The van der Waals surface area contributed by atoms with Crippen LogP contribution in [0.2, 0.25) is 0 Å². The predicted octanol–water partition coefficient (Wildman–Crippen LogP) is 4.10. The largest absolute Gasteiger partial charge is 0.370 e. The van der Waals surface area contributed by atoms with Gasteiger partial charge in [-0.15, -0.1) is 24.0 Å². The van der Waals surface area contributed by atoms with Crippen LogP contribution < -0.4 is 11.1 Å². The second-order valence-corrected chi connectivity index (χ2v) is 8.00. The van der Waals surface area contributed by atoms with Crippen molar-refractivity contribution in [2.24, 2.45) is 10.7 Å². The van der Waals surface area contributed by atoms with E-state index in [9.17, 15) is 0 Å². The number of halogens is 1. The van der Waals surface area contributed by atoms with Crippen molar-refractivity contribution in [1.82, 2.24) is 9.80 Å². The van der Waals surface area contributed by atoms with E-state index in [1.165, 1.54) is 16.7 Å². The van der Waals surface area contributed by atoms with Crippen LogP contribution in [0.15, 0.2) is 53.5 Å². The van der Waals surface area contributed by atoms with E-state index in [4.69, 9.17) is 5.73 Å². The lowest BCUT2D eigenvalue weighted by Gasteiger charge is -2.32. The second-order valence-electron chi connectivity index (χ2n) is 8.00. The highest BCUT2D eigenvalue weighted by atomic mass is 127. The molecule has 0 amide bonds. The maximum atomic E-state index is 6.07. The molecule has 29 heavy (non-hydrogen) atoms. The number of nitrogens with two attached hydrogens (primary N) is 1. The maximum Gasteiger partial charge on any atom is 0.193 e. The van der Waals surface area contributed by atoms with Crippen LogP contribution >= 0.6 is 24.0 Å². The highest BCUT2D eigenvalue weighted by Gasteiger charge is 2.13. The van der Waals surface area contributed by atoms with Crippen molar-refractivity contribution in [2.45, 2.75) is 32.9 Å². The molecule has 0 aromatic heterocycles. The Morgan fingerprint density at radius 3 is 2.34 bits per heavy atom. The molecule has 1 aliphatic rings. The molecule has 1 heterocycles. The minimum absolute atomic E-state index is 0. The number of nitrogens with one attached hydrogen (secondary N) is 1. The van der Waals surface area contributed by atoms with Crippen molar-refractivity contribution in [3.8, 4) is 0 Å². The summed E-state index contributed by atoms with van der Waals surface area (Å²) in [5.41, 5.74) is 10.9. The van der Waals surface area contributed by atoms with Crippen LogP contribution in [0.1, 0.15) is 36.5 Å². The van der Waals surface area contributed by atoms with Gasteiger partial charge in [-0.05, 0) is 41.8 Å². The van der Waals surface area contributed by atoms with Gasteiger partial charge in [-0.25, -0.2) is 4.99 Å². The van der Waals surface area contributed by atoms with Crippen molar-refractivity contribution in [3.05, 3.63) is 65.2 Å². The van der Waals surface area contributed by atoms with Gasteiger partial charge in [0, 0.05) is 38.4 Å². The van der Waals surface area contributed by atoms with Crippen molar-refractivity contribution in [2.75, 3.05) is 38.5 Å². The summed E-state index contributed by atoms with van der Waals surface area (Å²) in [4.78, 5) is 9.38. The lowest BCUT2D eigenvalue weighted by molar-refractivity contribution is 0.148. The van der Waals surface area contributed by atoms with E-state index >= 15 is 0 Å². The first-order valence-electron chi connectivity index (χ1n) is 10.2. The van der Waals surface area contributed by atoms with E-state index in [0.29, 0.717) is 18.4 Å². The van der Waals surface area contributed by atoms with Gasteiger partial charge in [0.15, 0.2) is 5.96 Å². The molecule has 158 valence electrons. The third kappa shape index (κ3) is 7.60. The summed E-state index contributed by atoms with van der Waals surface area (Å²) in [6.07, 6.45) is 0. The Morgan fingerprint density at radius 2 is 1.69 bits per heavy atom. The Bertz CT molecular complexity index is 780. The molecule has 2 aromatic carbocycles. The molecule has 1 fully saturated rings. The van der Waals surface area contributed by atoms with Crippen LogP contribution in [0, 0.1) is 0 Å². The normalized spacial score (nSPS) is 15.9. The summed E-state index contributed by atoms with van der Waals surface area (Å²) < 4.78 is 0. The fourth-order valence-corrected chi connectivity index (χ4v) is 3.35. The van der Waals surface area contributed by atoms with Crippen molar-refractivity contribution < 1.29 is 0 Å². The Morgan fingerprint density at radius 1 is 1.03 bits per heavy atom. The molecule has 3 rings (SSSR count). The molecule has 1 saturated heterocycles. The number of piperazine rings is 1. The molecule has 0 unspecified atom stereocenters. The Labute approximate surface area is 192 Å². The van der Waals surface area contributed by atoms with Crippen LogP contribution in [0.3, 0.4) is 0 Å². The zero-order valence-corrected chi connectivity index (χ0v) is 20.1. The Balaban J connectivity index is 0.00000300. The molecule has 0 radical (unpaired) electrons. The smallest absolute Gasteiger partial charge is 0.193 e. The van der Waals surface area contributed by atoms with E-state index in [0.717, 1.165) is 38.4 Å². The predicted molar refractivity (Wildman–Crippen MR) is 134 cm³/mol. The highest BCUT2D eigenvalue weighted by Crippen LogP contribution is 2.18. The van der Waals surface area contributed by atoms with E-state index < -0.39 is 0 Å². The SMILES string of the molecule is CC(C)c1cccc(NC(N)=NCc2ccc(CN3CCN(C)CC3)cc2)c1.I. The van der Waals surface area contributed by atoms with Gasteiger partial charge in [0.05, 0.1) is 6.54 Å². The zero-order chi connectivity index (χ0) is 19.9. The summed E-state index contributed by atoms with van der Waals surface area (Å²) in [5.74, 6) is 0.937. The van der Waals surface area contributed by atoms with Gasteiger partial charge in [-0.3, -0.25) is 4.90 Å². The van der Waals surface area contributed by atoms with Gasteiger partial charge >= 0.3 is 0 Å². The molecule has 1 aliphatic heterocycles. The monoisotopic (exact) mass is 507 g/mol. The molecule has 0 aliphatic carbocycles. The molecular formula is C23H34IN5. The number of aliphatic imine (C=N–C) groups is 1. The van der Waals surface area contributed by atoms with E-state index in [2.05, 4.69) is 77.4 Å². The van der Waals surface area contributed by atoms with Crippen LogP contribution in [0.25, 0.3) is 0 Å². The first-order chi connectivity index (χ1) is 13.5. The first kappa shape index (κ1) is 23.6. The summed E-state index contributed by atoms with van der Waals surface area (Å²) >= 11 is 0. The molecule has 6 heteroatoms. The summed E-state index contributed by atoms with van der Waals surface area (Å²) in [7, 11) is 2.19. The minimum atomic E-state index is 0. The maximum absolute atomic E-state index is 6.07. The Hall–Kier alpha value is -1.64. The zero-order valence-electron chi connectivity index (χ0n) is 17.8. The van der Waals surface area contributed by atoms with Gasteiger partial charge in [-0.2, -0.15) is 0 Å². The summed E-state index contributed by atoms with van der Waals surface area (Å²) in [6.45, 7) is 10.6. The van der Waals surface area contributed by atoms with Gasteiger partial charge < -0.3 is 16.0 Å². The summed E-state index contributed by atoms with van der Waals surface area (Å²) in [5, 5.41) is 3.19. The van der Waals surface area contributed by atoms with Gasteiger partial charge in [0.2, 0.25) is 0 Å². The third-order valence-corrected chi connectivity index (χ3v) is 5.28. The molecule has 0 atom stereocenters. The van der Waals surface area contributed by atoms with E-state index in [-0.39, 0.29) is 24.0 Å². The van der Waals surface area contributed by atoms with E-state index in [1.54, 1.807) is 0 Å². The number of nitrogens with zero attached hydrogens (tertiary/aromatic N) is 3. The molecule has 5 nitrogen and oxygen atoms in total. The number of guanidine groups is 1. The fourth-order valence-electron chi connectivity index (χ4n) is 3.35. The molecule has 0 saturated carbocycles. The summed E-state index contributed by atoms with van der Waals surface area (Å²) in [6, 6.07) is 17.0. The second kappa shape index (κ2) is 11.5. The lowest BCUT2D eigenvalue weighted by atomic mass is 10.0. The Kier molecular flexibility index (Phi) is 9.39. The van der Waals surface area contributed by atoms with Crippen LogP contribution in [-0.2, 0) is 13.1 Å². The number of hydrogen-bond donors (Lipinski definition) is 2. The van der Waals surface area contributed by atoms with Crippen LogP contribution in [0.4, 0.5) is 5.69 Å². The lowest BCUT2D eigenvalue weighted by Crippen LogP contribution is -2.43. The van der Waals surface area contributed by atoms with Gasteiger partial charge in [0.1, 0.15) is 0 Å². The van der Waals surface area contributed by atoms with Crippen LogP contribution in [0.5, 0.6) is 0 Å². The molecule has 3 N–H and O–H groups in total.